The van der Waals surface area contributed by atoms with Crippen molar-refractivity contribution in [3.05, 3.63) is 29.6 Å². The van der Waals surface area contributed by atoms with Crippen LogP contribution in [0.2, 0.25) is 0 Å². The van der Waals surface area contributed by atoms with Gasteiger partial charge in [0.2, 0.25) is 0 Å². The monoisotopic (exact) mass is 280 g/mol. The zero-order chi connectivity index (χ0) is 13.9. The average molecular weight is 280 g/mol. The Morgan fingerprint density at radius 2 is 2.05 bits per heavy atom. The molecular formula is C15H21FN2S. The fourth-order valence-electron chi connectivity index (χ4n) is 2.72. The zero-order valence-corrected chi connectivity index (χ0v) is 12.2. The smallest absolute Gasteiger partial charge is 0.135 e. The van der Waals surface area contributed by atoms with E-state index in [4.69, 9.17) is 18.0 Å². The van der Waals surface area contributed by atoms with Crippen LogP contribution in [-0.2, 0) is 0 Å². The van der Waals surface area contributed by atoms with Crippen molar-refractivity contribution < 1.29 is 4.39 Å². The third kappa shape index (κ3) is 3.66. The van der Waals surface area contributed by atoms with Gasteiger partial charge in [0, 0.05) is 17.8 Å². The van der Waals surface area contributed by atoms with Crippen LogP contribution in [0.4, 0.5) is 10.1 Å². The zero-order valence-electron chi connectivity index (χ0n) is 11.3. The second kappa shape index (κ2) is 5.87. The van der Waals surface area contributed by atoms with Crippen LogP contribution in [-0.4, -0.2) is 11.5 Å². The summed E-state index contributed by atoms with van der Waals surface area (Å²) in [5.41, 5.74) is 6.88. The molecule has 0 bridgehead atoms. The first-order valence-electron chi connectivity index (χ1n) is 6.83. The van der Waals surface area contributed by atoms with Gasteiger partial charge in [0.15, 0.2) is 0 Å². The van der Waals surface area contributed by atoms with E-state index in [0.29, 0.717) is 11.0 Å². The number of anilines is 1. The van der Waals surface area contributed by atoms with Crippen LogP contribution >= 0.6 is 12.2 Å². The molecule has 0 atom stereocenters. The highest BCUT2D eigenvalue weighted by atomic mass is 32.1. The molecule has 1 aliphatic rings. The molecule has 0 aliphatic heterocycles. The molecule has 1 aromatic rings. The summed E-state index contributed by atoms with van der Waals surface area (Å²) in [6, 6.07) is 4.95. The lowest BCUT2D eigenvalue weighted by Crippen LogP contribution is -2.28. The molecule has 0 heterocycles. The minimum atomic E-state index is -0.355. The number of nitrogens with two attached hydrogens (primary N) is 1. The Bertz CT molecular complexity index is 467. The van der Waals surface area contributed by atoms with Gasteiger partial charge in [-0.3, -0.25) is 0 Å². The van der Waals surface area contributed by atoms with Crippen molar-refractivity contribution in [1.29, 1.82) is 0 Å². The Hall–Kier alpha value is -1.16. The van der Waals surface area contributed by atoms with E-state index in [2.05, 4.69) is 12.2 Å². The number of benzene rings is 1. The normalized spacial score (nSPS) is 18.0. The Kier molecular flexibility index (Phi) is 4.40. The van der Waals surface area contributed by atoms with Crippen molar-refractivity contribution in [2.75, 3.05) is 11.9 Å². The molecule has 0 unspecified atom stereocenters. The summed E-state index contributed by atoms with van der Waals surface area (Å²) in [5.74, 6) is -0.355. The summed E-state index contributed by atoms with van der Waals surface area (Å²) in [4.78, 5) is 0.100. The van der Waals surface area contributed by atoms with Gasteiger partial charge < -0.3 is 11.1 Å². The van der Waals surface area contributed by atoms with Crippen molar-refractivity contribution >= 4 is 22.9 Å². The van der Waals surface area contributed by atoms with Crippen molar-refractivity contribution in [1.82, 2.24) is 0 Å². The molecular weight excluding hydrogens is 259 g/mol. The molecule has 0 spiro atoms. The molecule has 0 amide bonds. The maximum absolute atomic E-state index is 13.8. The Morgan fingerprint density at radius 3 is 2.63 bits per heavy atom. The van der Waals surface area contributed by atoms with Gasteiger partial charge >= 0.3 is 0 Å². The highest BCUT2D eigenvalue weighted by Crippen LogP contribution is 2.35. The molecule has 1 aliphatic carbocycles. The van der Waals surface area contributed by atoms with E-state index in [0.717, 1.165) is 12.2 Å². The van der Waals surface area contributed by atoms with Crippen LogP contribution in [0.3, 0.4) is 0 Å². The van der Waals surface area contributed by atoms with Gasteiger partial charge in [0.1, 0.15) is 10.8 Å². The molecule has 19 heavy (non-hydrogen) atoms. The van der Waals surface area contributed by atoms with E-state index < -0.39 is 0 Å². The lowest BCUT2D eigenvalue weighted by Gasteiger charge is -2.34. The fraction of sp³-hybridized carbons (Fsp3) is 0.533. The maximum Gasteiger partial charge on any atom is 0.135 e. The van der Waals surface area contributed by atoms with Crippen LogP contribution in [0.5, 0.6) is 0 Å². The molecule has 2 rings (SSSR count). The third-order valence-corrected chi connectivity index (χ3v) is 4.23. The summed E-state index contributed by atoms with van der Waals surface area (Å²) >= 11 is 4.79. The van der Waals surface area contributed by atoms with Gasteiger partial charge in [-0.2, -0.15) is 0 Å². The van der Waals surface area contributed by atoms with E-state index in [-0.39, 0.29) is 10.8 Å². The number of rotatable bonds is 4. The SMILES string of the molecule is CC1(CNc2ccc(C(N)=S)c(F)c2)CCCCC1. The summed E-state index contributed by atoms with van der Waals surface area (Å²) in [6.07, 6.45) is 6.42. The first-order chi connectivity index (χ1) is 9.00. The molecule has 0 saturated heterocycles. The van der Waals surface area contributed by atoms with E-state index in [1.165, 1.54) is 38.2 Å². The van der Waals surface area contributed by atoms with E-state index in [1.54, 1.807) is 6.07 Å². The number of thiocarbonyl (C=S) groups is 1. The first-order valence-corrected chi connectivity index (χ1v) is 7.24. The van der Waals surface area contributed by atoms with E-state index in [9.17, 15) is 4.39 Å². The lowest BCUT2D eigenvalue weighted by molar-refractivity contribution is 0.233. The number of nitrogens with one attached hydrogen (secondary N) is 1. The minimum absolute atomic E-state index is 0.100. The molecule has 1 fully saturated rings. The first kappa shape index (κ1) is 14.3. The van der Waals surface area contributed by atoms with Gasteiger partial charge in [-0.15, -0.1) is 0 Å². The Balaban J connectivity index is 2.00. The number of hydrogen-bond donors (Lipinski definition) is 2. The molecule has 4 heteroatoms. The largest absolute Gasteiger partial charge is 0.389 e. The van der Waals surface area contributed by atoms with Crippen LogP contribution in [0, 0.1) is 11.2 Å². The highest BCUT2D eigenvalue weighted by molar-refractivity contribution is 7.80. The molecule has 104 valence electrons. The topological polar surface area (TPSA) is 38.0 Å². The molecule has 0 aromatic heterocycles. The predicted molar refractivity (Wildman–Crippen MR) is 82.0 cm³/mol. The van der Waals surface area contributed by atoms with Gasteiger partial charge in [0.25, 0.3) is 0 Å². The van der Waals surface area contributed by atoms with Crippen LogP contribution in [0.25, 0.3) is 0 Å². The molecule has 1 saturated carbocycles. The van der Waals surface area contributed by atoms with Crippen molar-refractivity contribution in [2.24, 2.45) is 11.1 Å². The molecule has 1 aromatic carbocycles. The van der Waals surface area contributed by atoms with E-state index in [1.807, 2.05) is 6.07 Å². The fourth-order valence-corrected chi connectivity index (χ4v) is 2.89. The second-order valence-corrected chi connectivity index (χ2v) is 6.22. The van der Waals surface area contributed by atoms with Crippen molar-refractivity contribution in [3.8, 4) is 0 Å². The molecule has 0 radical (unpaired) electrons. The Labute approximate surface area is 119 Å². The molecule has 2 nitrogen and oxygen atoms in total. The quantitative estimate of drug-likeness (QED) is 0.823. The summed E-state index contributed by atoms with van der Waals surface area (Å²) in [6.45, 7) is 3.19. The molecule has 3 N–H and O–H groups in total. The maximum atomic E-state index is 13.8. The van der Waals surface area contributed by atoms with Gasteiger partial charge in [-0.1, -0.05) is 38.4 Å². The average Bonchev–Trinajstić information content (AvgIpc) is 2.37. The number of hydrogen-bond acceptors (Lipinski definition) is 2. The van der Waals surface area contributed by atoms with Crippen LogP contribution in [0.1, 0.15) is 44.6 Å². The van der Waals surface area contributed by atoms with E-state index >= 15 is 0 Å². The summed E-state index contributed by atoms with van der Waals surface area (Å²) < 4.78 is 13.8. The van der Waals surface area contributed by atoms with Crippen LogP contribution in [0.15, 0.2) is 18.2 Å². The van der Waals surface area contributed by atoms with Gasteiger partial charge in [-0.25, -0.2) is 4.39 Å². The number of halogens is 1. The standard InChI is InChI=1S/C15H21FN2S/c1-15(7-3-2-4-8-15)10-18-11-5-6-12(14(17)19)13(16)9-11/h5-6,9,18H,2-4,7-8,10H2,1H3,(H2,17,19). The highest BCUT2D eigenvalue weighted by Gasteiger charge is 2.26. The van der Waals surface area contributed by atoms with Crippen molar-refractivity contribution in [2.45, 2.75) is 39.0 Å². The minimum Gasteiger partial charge on any atom is -0.389 e. The van der Waals surface area contributed by atoms with Gasteiger partial charge in [0.05, 0.1) is 0 Å². The van der Waals surface area contributed by atoms with Crippen LogP contribution < -0.4 is 11.1 Å². The predicted octanol–water partition coefficient (Wildman–Crippen LogP) is 3.84. The Morgan fingerprint density at radius 1 is 1.37 bits per heavy atom. The second-order valence-electron chi connectivity index (χ2n) is 5.78. The lowest BCUT2D eigenvalue weighted by atomic mass is 9.76. The van der Waals surface area contributed by atoms with Gasteiger partial charge in [-0.05, 0) is 36.5 Å². The third-order valence-electron chi connectivity index (χ3n) is 4.01. The summed E-state index contributed by atoms with van der Waals surface area (Å²) in [7, 11) is 0. The summed E-state index contributed by atoms with van der Waals surface area (Å²) in [5, 5.41) is 3.34. The van der Waals surface area contributed by atoms with Crippen molar-refractivity contribution in [3.63, 3.8) is 0 Å².